The van der Waals surface area contributed by atoms with Gasteiger partial charge < -0.3 is 4.74 Å². The standard InChI is InChI=1S/C16H12F5NO3S/c1-3-8-22(9-4-6-10(25-2)7-5-9)26(23,24)16-14(20)12(18)11(17)13(19)15(16)21/h3-7H,1,8H2,2H3. The predicted molar refractivity (Wildman–Crippen MR) is 84.0 cm³/mol. The third-order valence-corrected chi connectivity index (χ3v) is 5.19. The summed E-state index contributed by atoms with van der Waals surface area (Å²) in [4.78, 5) is -1.94. The second kappa shape index (κ2) is 7.32. The Morgan fingerprint density at radius 1 is 0.962 bits per heavy atom. The molecule has 0 bridgehead atoms. The van der Waals surface area contributed by atoms with Gasteiger partial charge in [0.25, 0.3) is 10.0 Å². The number of methoxy groups -OCH3 is 1. The molecule has 26 heavy (non-hydrogen) atoms. The van der Waals surface area contributed by atoms with E-state index in [9.17, 15) is 30.4 Å². The molecule has 2 aromatic rings. The number of hydrogen-bond acceptors (Lipinski definition) is 3. The van der Waals surface area contributed by atoms with Crippen LogP contribution in [0.2, 0.25) is 0 Å². The Hall–Kier alpha value is -2.62. The number of benzene rings is 2. The molecule has 2 rings (SSSR count). The van der Waals surface area contributed by atoms with Crippen LogP contribution in [0.25, 0.3) is 0 Å². The van der Waals surface area contributed by atoms with Crippen LogP contribution < -0.4 is 9.04 Å². The number of rotatable bonds is 6. The van der Waals surface area contributed by atoms with Crippen LogP contribution in [0.15, 0.2) is 41.8 Å². The second-order valence-corrected chi connectivity index (χ2v) is 6.72. The van der Waals surface area contributed by atoms with Gasteiger partial charge in [0.15, 0.2) is 28.2 Å². The number of halogens is 5. The lowest BCUT2D eigenvalue weighted by Crippen LogP contribution is -2.33. The van der Waals surface area contributed by atoms with E-state index >= 15 is 0 Å². The highest BCUT2D eigenvalue weighted by atomic mass is 32.2. The quantitative estimate of drug-likeness (QED) is 0.325. The number of anilines is 1. The van der Waals surface area contributed by atoms with Crippen LogP contribution in [-0.2, 0) is 10.0 Å². The van der Waals surface area contributed by atoms with E-state index in [1.54, 1.807) is 0 Å². The van der Waals surface area contributed by atoms with Gasteiger partial charge in [-0.05, 0) is 24.3 Å². The van der Waals surface area contributed by atoms with E-state index in [0.29, 0.717) is 10.1 Å². The Balaban J connectivity index is 2.71. The van der Waals surface area contributed by atoms with Crippen LogP contribution in [-0.4, -0.2) is 22.1 Å². The van der Waals surface area contributed by atoms with Crippen LogP contribution in [0.5, 0.6) is 5.75 Å². The zero-order chi connectivity index (χ0) is 19.6. The van der Waals surface area contributed by atoms with Crippen molar-refractivity contribution < 1.29 is 35.1 Å². The summed E-state index contributed by atoms with van der Waals surface area (Å²) in [7, 11) is -3.77. The fourth-order valence-electron chi connectivity index (χ4n) is 2.13. The summed E-state index contributed by atoms with van der Waals surface area (Å²) in [6, 6.07) is 5.21. The van der Waals surface area contributed by atoms with Gasteiger partial charge in [0, 0.05) is 0 Å². The van der Waals surface area contributed by atoms with Crippen LogP contribution in [0.4, 0.5) is 27.6 Å². The molecule has 10 heteroatoms. The molecule has 0 aliphatic rings. The lowest BCUT2D eigenvalue weighted by Gasteiger charge is -2.24. The Morgan fingerprint density at radius 3 is 1.85 bits per heavy atom. The van der Waals surface area contributed by atoms with Crippen LogP contribution in [0.1, 0.15) is 0 Å². The highest BCUT2D eigenvalue weighted by Crippen LogP contribution is 2.32. The van der Waals surface area contributed by atoms with Crippen molar-refractivity contribution >= 4 is 15.7 Å². The Bertz CT molecular complexity index is 916. The molecule has 0 amide bonds. The van der Waals surface area contributed by atoms with E-state index in [0.717, 1.165) is 6.08 Å². The summed E-state index contributed by atoms with van der Waals surface area (Å²) in [5, 5.41) is 0. The number of nitrogens with zero attached hydrogens (tertiary/aromatic N) is 1. The largest absolute Gasteiger partial charge is 0.497 e. The number of sulfonamides is 1. The van der Waals surface area contributed by atoms with Crippen molar-refractivity contribution in [3.05, 3.63) is 66.0 Å². The van der Waals surface area contributed by atoms with Crippen molar-refractivity contribution in [1.29, 1.82) is 0 Å². The maximum Gasteiger partial charge on any atom is 0.270 e. The summed E-state index contributed by atoms with van der Waals surface area (Å²) in [6.07, 6.45) is 1.09. The molecule has 0 aromatic heterocycles. The highest BCUT2D eigenvalue weighted by molar-refractivity contribution is 7.92. The van der Waals surface area contributed by atoms with E-state index in [4.69, 9.17) is 4.74 Å². The van der Waals surface area contributed by atoms with Gasteiger partial charge >= 0.3 is 0 Å². The minimum atomic E-state index is -5.13. The molecule has 0 saturated carbocycles. The Morgan fingerprint density at radius 2 is 1.42 bits per heavy atom. The molecule has 0 spiro atoms. The fourth-order valence-corrected chi connectivity index (χ4v) is 3.68. The van der Waals surface area contributed by atoms with Gasteiger partial charge in [0.1, 0.15) is 5.75 Å². The summed E-state index contributed by atoms with van der Waals surface area (Å²) in [6.45, 7) is 2.86. The summed E-state index contributed by atoms with van der Waals surface area (Å²) in [5.41, 5.74) is -0.0883. The van der Waals surface area contributed by atoms with Crippen molar-refractivity contribution in [2.24, 2.45) is 0 Å². The van der Waals surface area contributed by atoms with Gasteiger partial charge in [-0.1, -0.05) is 6.08 Å². The van der Waals surface area contributed by atoms with Crippen molar-refractivity contribution in [3.63, 3.8) is 0 Å². The monoisotopic (exact) mass is 393 g/mol. The summed E-state index contributed by atoms with van der Waals surface area (Å²) in [5.74, 6) is -11.7. The molecule has 0 N–H and O–H groups in total. The van der Waals surface area contributed by atoms with E-state index in [-0.39, 0.29) is 5.69 Å². The van der Waals surface area contributed by atoms with Crippen molar-refractivity contribution in [3.8, 4) is 5.75 Å². The predicted octanol–water partition coefficient (Wildman–Crippen LogP) is 3.77. The summed E-state index contributed by atoms with van der Waals surface area (Å²) < 4.78 is 98.6. The molecule has 0 heterocycles. The van der Waals surface area contributed by atoms with Crippen LogP contribution >= 0.6 is 0 Å². The van der Waals surface area contributed by atoms with Gasteiger partial charge in [-0.25, -0.2) is 30.4 Å². The average molecular weight is 393 g/mol. The zero-order valence-electron chi connectivity index (χ0n) is 13.3. The molecular weight excluding hydrogens is 381 g/mol. The molecule has 140 valence electrons. The topological polar surface area (TPSA) is 46.6 Å². The molecule has 0 aliphatic carbocycles. The third-order valence-electron chi connectivity index (χ3n) is 3.37. The smallest absolute Gasteiger partial charge is 0.270 e. The van der Waals surface area contributed by atoms with Gasteiger partial charge in [-0.15, -0.1) is 6.58 Å². The molecule has 0 unspecified atom stereocenters. The van der Waals surface area contributed by atoms with E-state index in [2.05, 4.69) is 6.58 Å². The second-order valence-electron chi connectivity index (χ2n) is 4.92. The normalized spacial score (nSPS) is 11.3. The molecule has 0 atom stereocenters. The van der Waals surface area contributed by atoms with Crippen LogP contribution in [0, 0.1) is 29.1 Å². The van der Waals surface area contributed by atoms with E-state index in [1.165, 1.54) is 31.4 Å². The first-order valence-corrected chi connectivity index (χ1v) is 8.40. The lowest BCUT2D eigenvalue weighted by atomic mass is 10.3. The van der Waals surface area contributed by atoms with Gasteiger partial charge in [-0.2, -0.15) is 0 Å². The fraction of sp³-hybridized carbons (Fsp3) is 0.125. The first kappa shape index (κ1) is 19.7. The van der Waals surface area contributed by atoms with Crippen molar-refractivity contribution in [2.75, 3.05) is 18.0 Å². The summed E-state index contributed by atoms with van der Waals surface area (Å²) >= 11 is 0. The third kappa shape index (κ3) is 3.24. The average Bonchev–Trinajstić information content (AvgIpc) is 2.62. The zero-order valence-corrected chi connectivity index (χ0v) is 14.1. The van der Waals surface area contributed by atoms with Crippen molar-refractivity contribution in [2.45, 2.75) is 4.90 Å². The maximum absolute atomic E-state index is 14.0. The first-order valence-electron chi connectivity index (χ1n) is 6.96. The highest BCUT2D eigenvalue weighted by Gasteiger charge is 2.37. The Labute approximate surface area is 146 Å². The van der Waals surface area contributed by atoms with E-state index < -0.39 is 50.5 Å². The SMILES string of the molecule is C=CCN(c1ccc(OC)cc1)S(=O)(=O)c1c(F)c(F)c(F)c(F)c1F. The van der Waals surface area contributed by atoms with E-state index in [1.807, 2.05) is 0 Å². The Kier molecular flexibility index (Phi) is 5.55. The minimum Gasteiger partial charge on any atom is -0.497 e. The van der Waals surface area contributed by atoms with Gasteiger partial charge in [0.2, 0.25) is 5.82 Å². The molecule has 2 aromatic carbocycles. The number of ether oxygens (including phenoxy) is 1. The molecule has 0 saturated heterocycles. The molecule has 0 radical (unpaired) electrons. The molecule has 0 aliphatic heterocycles. The lowest BCUT2D eigenvalue weighted by molar-refractivity contribution is 0.357. The number of hydrogen-bond donors (Lipinski definition) is 0. The first-order chi connectivity index (χ1) is 12.2. The molecule has 4 nitrogen and oxygen atoms in total. The van der Waals surface area contributed by atoms with Crippen molar-refractivity contribution in [1.82, 2.24) is 0 Å². The maximum atomic E-state index is 14.0. The molecular formula is C16H12F5NO3S. The van der Waals surface area contributed by atoms with Gasteiger partial charge in [0.05, 0.1) is 19.3 Å². The van der Waals surface area contributed by atoms with Gasteiger partial charge in [-0.3, -0.25) is 4.31 Å². The van der Waals surface area contributed by atoms with Crippen LogP contribution in [0.3, 0.4) is 0 Å². The molecule has 0 fully saturated rings. The minimum absolute atomic E-state index is 0.0883.